The van der Waals surface area contributed by atoms with E-state index < -0.39 is 0 Å². The summed E-state index contributed by atoms with van der Waals surface area (Å²) in [5.74, 6) is 1.47. The van der Waals surface area contributed by atoms with E-state index in [0.29, 0.717) is 24.9 Å². The number of amides is 1. The van der Waals surface area contributed by atoms with Gasteiger partial charge in [0.1, 0.15) is 13.2 Å². The monoisotopic (exact) mass is 357 g/mol. The van der Waals surface area contributed by atoms with Crippen LogP contribution in [0, 0.1) is 0 Å². The number of carbonyl (C=O) groups is 1. The molecule has 1 aliphatic rings. The molecule has 0 fully saturated rings. The van der Waals surface area contributed by atoms with Crippen molar-refractivity contribution in [2.24, 2.45) is 0 Å². The van der Waals surface area contributed by atoms with Crippen molar-refractivity contribution in [2.75, 3.05) is 45.3 Å². The van der Waals surface area contributed by atoms with E-state index in [2.05, 4.69) is 4.98 Å². The first-order chi connectivity index (χ1) is 10.5. The summed E-state index contributed by atoms with van der Waals surface area (Å²) in [4.78, 5) is 20.3. The van der Waals surface area contributed by atoms with Crippen molar-refractivity contribution in [2.45, 2.75) is 6.92 Å². The summed E-state index contributed by atoms with van der Waals surface area (Å²) in [7, 11) is 3.97. The van der Waals surface area contributed by atoms with Crippen LogP contribution in [-0.4, -0.2) is 56.2 Å². The molecule has 0 saturated heterocycles. The maximum atomic E-state index is 11.9. The molecule has 0 spiro atoms. The molecule has 23 heavy (non-hydrogen) atoms. The van der Waals surface area contributed by atoms with Gasteiger partial charge >= 0.3 is 0 Å². The van der Waals surface area contributed by atoms with Crippen LogP contribution < -0.4 is 14.4 Å². The summed E-state index contributed by atoms with van der Waals surface area (Å²) in [6, 6.07) is 3.82. The zero-order valence-electron chi connectivity index (χ0n) is 13.4. The van der Waals surface area contributed by atoms with Crippen molar-refractivity contribution in [3.63, 3.8) is 0 Å². The molecule has 1 aliphatic heterocycles. The number of nitrogens with zero attached hydrogens (tertiary/aromatic N) is 3. The highest BCUT2D eigenvalue weighted by Crippen LogP contribution is 2.38. The minimum atomic E-state index is -0.00169. The Hall–Kier alpha value is -1.57. The molecule has 0 unspecified atom stereocenters. The Morgan fingerprint density at radius 2 is 1.87 bits per heavy atom. The molecule has 1 amide bonds. The van der Waals surface area contributed by atoms with E-state index >= 15 is 0 Å². The van der Waals surface area contributed by atoms with Gasteiger partial charge in [0.2, 0.25) is 5.91 Å². The molecule has 8 heteroatoms. The number of fused-ring (bicyclic) bond motifs is 2. The van der Waals surface area contributed by atoms with Gasteiger partial charge in [0.25, 0.3) is 0 Å². The van der Waals surface area contributed by atoms with Crippen molar-refractivity contribution >= 4 is 45.0 Å². The van der Waals surface area contributed by atoms with Gasteiger partial charge in [-0.2, -0.15) is 0 Å². The van der Waals surface area contributed by atoms with E-state index in [1.807, 2.05) is 31.1 Å². The number of thiazole rings is 1. The van der Waals surface area contributed by atoms with Gasteiger partial charge in [-0.1, -0.05) is 11.3 Å². The Labute approximate surface area is 145 Å². The van der Waals surface area contributed by atoms with Gasteiger partial charge in [-0.3, -0.25) is 9.69 Å². The molecule has 126 valence electrons. The Morgan fingerprint density at radius 3 is 2.48 bits per heavy atom. The molecule has 0 radical (unpaired) electrons. The molecule has 2 heterocycles. The number of aromatic nitrogens is 1. The van der Waals surface area contributed by atoms with E-state index in [4.69, 9.17) is 9.47 Å². The molecule has 0 saturated carbocycles. The van der Waals surface area contributed by atoms with Crippen molar-refractivity contribution in [1.29, 1.82) is 0 Å². The van der Waals surface area contributed by atoms with Crippen LogP contribution in [0.15, 0.2) is 12.1 Å². The predicted molar refractivity (Wildman–Crippen MR) is 94.4 cm³/mol. The molecular weight excluding hydrogens is 338 g/mol. The van der Waals surface area contributed by atoms with E-state index in [0.717, 1.165) is 28.3 Å². The summed E-state index contributed by atoms with van der Waals surface area (Å²) in [5, 5.41) is 0.715. The zero-order valence-corrected chi connectivity index (χ0v) is 15.0. The van der Waals surface area contributed by atoms with Crippen LogP contribution in [-0.2, 0) is 4.79 Å². The Kier molecular flexibility index (Phi) is 5.67. The molecule has 3 rings (SSSR count). The first-order valence-corrected chi connectivity index (χ1v) is 7.99. The number of ether oxygens (including phenoxy) is 2. The van der Waals surface area contributed by atoms with Crippen molar-refractivity contribution in [1.82, 2.24) is 9.88 Å². The average Bonchev–Trinajstić information content (AvgIpc) is 2.86. The maximum Gasteiger partial charge on any atom is 0.225 e. The molecule has 0 N–H and O–H groups in total. The lowest BCUT2D eigenvalue weighted by Gasteiger charge is -2.20. The van der Waals surface area contributed by atoms with E-state index in [9.17, 15) is 4.79 Å². The summed E-state index contributed by atoms with van der Waals surface area (Å²) in [6.45, 7) is 4.09. The van der Waals surface area contributed by atoms with Crippen LogP contribution in [0.25, 0.3) is 10.2 Å². The van der Waals surface area contributed by atoms with Crippen molar-refractivity contribution in [3.8, 4) is 11.5 Å². The fraction of sp³-hybridized carbons (Fsp3) is 0.467. The minimum Gasteiger partial charge on any atom is -0.486 e. The van der Waals surface area contributed by atoms with E-state index in [1.54, 1.807) is 11.8 Å². The van der Waals surface area contributed by atoms with Crippen LogP contribution in [0.1, 0.15) is 6.92 Å². The molecule has 6 nitrogen and oxygen atoms in total. The highest BCUT2D eigenvalue weighted by atomic mass is 35.5. The van der Waals surface area contributed by atoms with Crippen LogP contribution >= 0.6 is 23.7 Å². The molecule has 0 bridgehead atoms. The van der Waals surface area contributed by atoms with Crippen LogP contribution in [0.3, 0.4) is 0 Å². The third-order valence-corrected chi connectivity index (χ3v) is 4.46. The van der Waals surface area contributed by atoms with Crippen LogP contribution in [0.4, 0.5) is 5.13 Å². The third-order valence-electron chi connectivity index (χ3n) is 3.42. The average molecular weight is 358 g/mol. The number of hydrogen-bond donors (Lipinski definition) is 0. The molecular formula is C15H20ClN3O3S. The second-order valence-corrected chi connectivity index (χ2v) is 6.44. The first kappa shape index (κ1) is 17.8. The van der Waals surface area contributed by atoms with Gasteiger partial charge in [0.05, 0.1) is 10.2 Å². The fourth-order valence-electron chi connectivity index (χ4n) is 2.26. The highest BCUT2D eigenvalue weighted by Gasteiger charge is 2.19. The van der Waals surface area contributed by atoms with Gasteiger partial charge in [-0.25, -0.2) is 4.98 Å². The second-order valence-electron chi connectivity index (χ2n) is 5.43. The molecule has 1 aromatic carbocycles. The highest BCUT2D eigenvalue weighted by molar-refractivity contribution is 7.22. The van der Waals surface area contributed by atoms with Gasteiger partial charge in [-0.15, -0.1) is 12.4 Å². The lowest BCUT2D eigenvalue weighted by Crippen LogP contribution is -2.35. The normalized spacial score (nSPS) is 13.0. The molecule has 1 aromatic heterocycles. The first-order valence-electron chi connectivity index (χ1n) is 7.17. The Morgan fingerprint density at radius 1 is 1.22 bits per heavy atom. The van der Waals surface area contributed by atoms with Crippen molar-refractivity contribution < 1.29 is 14.3 Å². The lowest BCUT2D eigenvalue weighted by molar-refractivity contribution is -0.116. The molecule has 0 atom stereocenters. The summed E-state index contributed by atoms with van der Waals surface area (Å²) in [5.41, 5.74) is 0.834. The largest absolute Gasteiger partial charge is 0.486 e. The Balaban J connectivity index is 0.00000192. The number of halogens is 1. The Bertz CT molecular complexity index is 662. The summed E-state index contributed by atoms with van der Waals surface area (Å²) < 4.78 is 12.2. The SMILES string of the molecule is CC(=O)N(CCN(C)C)c1nc2cc3c(cc2s1)OCCO3.Cl. The predicted octanol–water partition coefficient (Wildman–Crippen LogP) is 2.40. The molecule has 0 aliphatic carbocycles. The van der Waals surface area contributed by atoms with Gasteiger partial charge in [0.15, 0.2) is 16.6 Å². The zero-order chi connectivity index (χ0) is 15.7. The van der Waals surface area contributed by atoms with E-state index in [-0.39, 0.29) is 18.3 Å². The van der Waals surface area contributed by atoms with E-state index in [1.165, 1.54) is 11.3 Å². The second kappa shape index (κ2) is 7.33. The lowest BCUT2D eigenvalue weighted by atomic mass is 10.3. The van der Waals surface area contributed by atoms with Gasteiger partial charge in [-0.05, 0) is 14.1 Å². The topological polar surface area (TPSA) is 54.9 Å². The van der Waals surface area contributed by atoms with Gasteiger partial charge in [0, 0.05) is 32.1 Å². The van der Waals surface area contributed by atoms with Crippen molar-refractivity contribution in [3.05, 3.63) is 12.1 Å². The number of benzene rings is 1. The maximum absolute atomic E-state index is 11.9. The number of carbonyl (C=O) groups excluding carboxylic acids is 1. The fourth-order valence-corrected chi connectivity index (χ4v) is 3.30. The van der Waals surface area contributed by atoms with Gasteiger partial charge < -0.3 is 14.4 Å². The quantitative estimate of drug-likeness (QED) is 0.841. The number of anilines is 1. The summed E-state index contributed by atoms with van der Waals surface area (Å²) >= 11 is 1.50. The third kappa shape index (κ3) is 3.85. The molecule has 2 aromatic rings. The van der Waals surface area contributed by atoms with Crippen LogP contribution in [0.2, 0.25) is 0 Å². The summed E-state index contributed by atoms with van der Waals surface area (Å²) in [6.07, 6.45) is 0. The van der Waals surface area contributed by atoms with Crippen LogP contribution in [0.5, 0.6) is 11.5 Å². The number of likely N-dealkylation sites (N-methyl/N-ethyl adjacent to an activating group) is 1. The minimum absolute atomic E-state index is 0. The standard InChI is InChI=1S/C15H19N3O3S.ClH/c1-10(19)18(5-4-17(2)3)15-16-11-8-12-13(9-14(11)22-15)21-7-6-20-12;/h8-9H,4-7H2,1-3H3;1H. The number of hydrogen-bond acceptors (Lipinski definition) is 6. The number of rotatable bonds is 4. The smallest absolute Gasteiger partial charge is 0.225 e.